The predicted octanol–water partition coefficient (Wildman–Crippen LogP) is 2.35. The van der Waals surface area contributed by atoms with Crippen molar-refractivity contribution >= 4 is 16.7 Å². The summed E-state index contributed by atoms with van der Waals surface area (Å²) in [5.74, 6) is -1.000. The van der Waals surface area contributed by atoms with Crippen LogP contribution in [0.25, 0.3) is 10.8 Å². The molecule has 0 unspecified atom stereocenters. The number of benzene rings is 2. The smallest absolute Gasteiger partial charge is 0.306 e. The van der Waals surface area contributed by atoms with E-state index in [2.05, 4.69) is 0 Å². The van der Waals surface area contributed by atoms with Crippen LogP contribution < -0.4 is 0 Å². The van der Waals surface area contributed by atoms with Gasteiger partial charge >= 0.3 is 5.97 Å². The molecule has 16 heavy (non-hydrogen) atoms. The third kappa shape index (κ3) is 2.04. The number of aliphatic hydroxyl groups excluding tert-OH is 1. The fourth-order valence-electron chi connectivity index (χ4n) is 1.82. The maximum atomic E-state index is 10.6. The topological polar surface area (TPSA) is 57.5 Å². The molecule has 0 spiro atoms. The number of hydrogen-bond donors (Lipinski definition) is 2. The molecule has 2 rings (SSSR count). The second kappa shape index (κ2) is 4.33. The molecule has 0 amide bonds. The molecule has 0 fully saturated rings. The maximum absolute atomic E-state index is 10.6. The molecule has 0 saturated heterocycles. The van der Waals surface area contributed by atoms with E-state index in [4.69, 9.17) is 5.11 Å². The predicted molar refractivity (Wildman–Crippen MR) is 61.2 cm³/mol. The minimum Gasteiger partial charge on any atom is -0.481 e. The van der Waals surface area contributed by atoms with E-state index in [0.29, 0.717) is 5.56 Å². The Morgan fingerprint density at radius 1 is 1.12 bits per heavy atom. The van der Waals surface area contributed by atoms with Crippen LogP contribution in [0.2, 0.25) is 0 Å². The lowest BCUT2D eigenvalue weighted by Crippen LogP contribution is -2.05. The fraction of sp³-hybridized carbons (Fsp3) is 0.154. The van der Waals surface area contributed by atoms with Crippen LogP contribution in [0.4, 0.5) is 0 Å². The highest BCUT2D eigenvalue weighted by Gasteiger charge is 2.14. The van der Waals surface area contributed by atoms with Gasteiger partial charge in [-0.05, 0) is 16.3 Å². The Labute approximate surface area is 93.0 Å². The van der Waals surface area contributed by atoms with E-state index in [9.17, 15) is 9.90 Å². The Bertz CT molecular complexity index is 514. The zero-order chi connectivity index (χ0) is 11.5. The van der Waals surface area contributed by atoms with Crippen LogP contribution in [0.15, 0.2) is 42.5 Å². The third-order valence-electron chi connectivity index (χ3n) is 2.55. The fourth-order valence-corrected chi connectivity index (χ4v) is 1.82. The molecule has 0 radical (unpaired) electrons. The van der Waals surface area contributed by atoms with Crippen LogP contribution >= 0.6 is 0 Å². The molecular weight excluding hydrogens is 204 g/mol. The molecule has 0 aliphatic rings. The maximum Gasteiger partial charge on any atom is 0.306 e. The molecule has 0 saturated carbocycles. The van der Waals surface area contributed by atoms with Gasteiger partial charge in [-0.2, -0.15) is 0 Å². The average molecular weight is 216 g/mol. The van der Waals surface area contributed by atoms with Crippen molar-refractivity contribution in [2.24, 2.45) is 0 Å². The Hall–Kier alpha value is -1.87. The van der Waals surface area contributed by atoms with E-state index in [1.807, 2.05) is 36.4 Å². The Kier molecular flexibility index (Phi) is 2.88. The number of carbonyl (C=O) groups is 1. The summed E-state index contributed by atoms with van der Waals surface area (Å²) in [5, 5.41) is 20.4. The molecule has 0 aliphatic heterocycles. The molecule has 0 bridgehead atoms. The lowest BCUT2D eigenvalue weighted by atomic mass is 9.99. The van der Waals surface area contributed by atoms with Gasteiger partial charge < -0.3 is 10.2 Å². The molecule has 82 valence electrons. The normalized spacial score (nSPS) is 12.6. The summed E-state index contributed by atoms with van der Waals surface area (Å²) >= 11 is 0. The van der Waals surface area contributed by atoms with E-state index in [0.717, 1.165) is 10.8 Å². The van der Waals surface area contributed by atoms with Gasteiger partial charge in [0.1, 0.15) is 0 Å². The molecular formula is C13H12O3. The number of carboxylic acids is 1. The number of fused-ring (bicyclic) bond motifs is 1. The number of rotatable bonds is 3. The Balaban J connectivity index is 2.47. The van der Waals surface area contributed by atoms with Gasteiger partial charge in [-0.15, -0.1) is 0 Å². The summed E-state index contributed by atoms with van der Waals surface area (Å²) in [5.41, 5.74) is 0.667. The number of aliphatic carboxylic acids is 1. The van der Waals surface area contributed by atoms with Crippen molar-refractivity contribution in [3.63, 3.8) is 0 Å². The lowest BCUT2D eigenvalue weighted by molar-refractivity contribution is -0.139. The second-order valence-electron chi connectivity index (χ2n) is 3.68. The minimum atomic E-state index is -1.000. The zero-order valence-corrected chi connectivity index (χ0v) is 8.63. The van der Waals surface area contributed by atoms with Gasteiger partial charge in [-0.1, -0.05) is 42.5 Å². The first kappa shape index (κ1) is 10.6. The molecule has 0 heterocycles. The van der Waals surface area contributed by atoms with Crippen LogP contribution in [-0.4, -0.2) is 16.2 Å². The van der Waals surface area contributed by atoms with Gasteiger partial charge in [0.2, 0.25) is 0 Å². The van der Waals surface area contributed by atoms with Crippen molar-refractivity contribution in [3.8, 4) is 0 Å². The van der Waals surface area contributed by atoms with Crippen molar-refractivity contribution in [1.29, 1.82) is 0 Å². The number of carboxylic acid groups (broad SMARTS) is 1. The van der Waals surface area contributed by atoms with Gasteiger partial charge in [0.25, 0.3) is 0 Å². The summed E-state index contributed by atoms with van der Waals surface area (Å²) in [6, 6.07) is 13.1. The minimum absolute atomic E-state index is 0.270. The first-order chi connectivity index (χ1) is 7.68. The average Bonchev–Trinajstić information content (AvgIpc) is 2.27. The lowest BCUT2D eigenvalue weighted by Gasteiger charge is -2.11. The SMILES string of the molecule is O=C(O)C[C@H](O)c1cccc2ccccc12. The van der Waals surface area contributed by atoms with Gasteiger partial charge in [0.15, 0.2) is 0 Å². The molecule has 3 nitrogen and oxygen atoms in total. The first-order valence-electron chi connectivity index (χ1n) is 5.06. The molecule has 1 atom stereocenters. The van der Waals surface area contributed by atoms with Crippen molar-refractivity contribution < 1.29 is 15.0 Å². The van der Waals surface area contributed by atoms with E-state index < -0.39 is 12.1 Å². The molecule has 2 aromatic carbocycles. The van der Waals surface area contributed by atoms with E-state index >= 15 is 0 Å². The highest BCUT2D eigenvalue weighted by Crippen LogP contribution is 2.25. The summed E-state index contributed by atoms with van der Waals surface area (Å²) in [6.07, 6.45) is -1.22. The number of hydrogen-bond acceptors (Lipinski definition) is 2. The van der Waals surface area contributed by atoms with Gasteiger partial charge in [0.05, 0.1) is 12.5 Å². The van der Waals surface area contributed by atoms with Gasteiger partial charge in [0, 0.05) is 0 Å². The molecule has 3 heteroatoms. The Morgan fingerprint density at radius 2 is 1.81 bits per heavy atom. The first-order valence-corrected chi connectivity index (χ1v) is 5.06. The van der Waals surface area contributed by atoms with E-state index in [1.165, 1.54) is 0 Å². The molecule has 2 N–H and O–H groups in total. The zero-order valence-electron chi connectivity index (χ0n) is 8.63. The molecule has 2 aromatic rings. The van der Waals surface area contributed by atoms with Gasteiger partial charge in [-0.3, -0.25) is 4.79 Å². The standard InChI is InChI=1S/C13H12O3/c14-12(8-13(15)16)11-7-3-5-9-4-1-2-6-10(9)11/h1-7,12,14H,8H2,(H,15,16)/t12-/m0/s1. The number of aliphatic hydroxyl groups is 1. The monoisotopic (exact) mass is 216 g/mol. The van der Waals surface area contributed by atoms with Crippen molar-refractivity contribution in [2.45, 2.75) is 12.5 Å². The molecule has 0 aliphatic carbocycles. The summed E-state index contributed by atoms with van der Waals surface area (Å²) in [4.78, 5) is 10.6. The highest BCUT2D eigenvalue weighted by atomic mass is 16.4. The van der Waals surface area contributed by atoms with E-state index in [-0.39, 0.29) is 6.42 Å². The Morgan fingerprint density at radius 3 is 2.56 bits per heavy atom. The quantitative estimate of drug-likeness (QED) is 0.828. The van der Waals surface area contributed by atoms with E-state index in [1.54, 1.807) is 6.07 Å². The van der Waals surface area contributed by atoms with Crippen molar-refractivity contribution in [2.75, 3.05) is 0 Å². The summed E-state index contributed by atoms with van der Waals surface area (Å²) < 4.78 is 0. The summed E-state index contributed by atoms with van der Waals surface area (Å²) in [7, 11) is 0. The van der Waals surface area contributed by atoms with Crippen LogP contribution in [0.5, 0.6) is 0 Å². The van der Waals surface area contributed by atoms with Crippen molar-refractivity contribution in [1.82, 2.24) is 0 Å². The third-order valence-corrected chi connectivity index (χ3v) is 2.55. The molecule has 0 aromatic heterocycles. The highest BCUT2D eigenvalue weighted by molar-refractivity contribution is 5.86. The van der Waals surface area contributed by atoms with Crippen LogP contribution in [0, 0.1) is 0 Å². The van der Waals surface area contributed by atoms with Gasteiger partial charge in [-0.25, -0.2) is 0 Å². The second-order valence-corrected chi connectivity index (χ2v) is 3.68. The largest absolute Gasteiger partial charge is 0.481 e. The van der Waals surface area contributed by atoms with Crippen LogP contribution in [0.1, 0.15) is 18.1 Å². The van der Waals surface area contributed by atoms with Crippen molar-refractivity contribution in [3.05, 3.63) is 48.0 Å². The van der Waals surface area contributed by atoms with Crippen LogP contribution in [-0.2, 0) is 4.79 Å². The summed E-state index contributed by atoms with van der Waals surface area (Å²) in [6.45, 7) is 0. The van der Waals surface area contributed by atoms with Crippen LogP contribution in [0.3, 0.4) is 0 Å².